The molecular formula is C9H16N2O4. The minimum Gasteiger partial charge on any atom is -0.479 e. The van der Waals surface area contributed by atoms with E-state index >= 15 is 0 Å². The summed E-state index contributed by atoms with van der Waals surface area (Å²) in [6, 6.07) is 0. The van der Waals surface area contributed by atoms with Crippen molar-refractivity contribution in [2.45, 2.75) is 19.3 Å². The van der Waals surface area contributed by atoms with E-state index in [1.807, 2.05) is 0 Å². The number of nitrogens with one attached hydrogen (secondary N) is 2. The van der Waals surface area contributed by atoms with Crippen LogP contribution in [0.5, 0.6) is 0 Å². The standard InChI is InChI=1S/C9H16N2O4/c12-8(11-15-6-9(13)14)2-1-7-3-4-10-5-7/h7,10H,1-6H2,(H,11,12)(H,13,14). The first kappa shape index (κ1) is 11.9. The summed E-state index contributed by atoms with van der Waals surface area (Å²) in [5.74, 6) is -0.811. The van der Waals surface area contributed by atoms with E-state index in [1.54, 1.807) is 0 Å². The maximum atomic E-state index is 11.1. The van der Waals surface area contributed by atoms with Crippen LogP contribution in [0.15, 0.2) is 0 Å². The van der Waals surface area contributed by atoms with Crippen LogP contribution < -0.4 is 10.8 Å². The Kier molecular flexibility index (Phi) is 5.06. The number of hydroxylamine groups is 1. The van der Waals surface area contributed by atoms with Gasteiger partial charge in [0.05, 0.1) is 0 Å². The van der Waals surface area contributed by atoms with E-state index < -0.39 is 12.6 Å². The molecule has 0 aliphatic carbocycles. The average Bonchev–Trinajstić information content (AvgIpc) is 2.66. The van der Waals surface area contributed by atoms with Crippen LogP contribution in [0.2, 0.25) is 0 Å². The molecule has 1 atom stereocenters. The molecule has 1 aliphatic heterocycles. The average molecular weight is 216 g/mol. The summed E-state index contributed by atoms with van der Waals surface area (Å²) >= 11 is 0. The number of carboxylic acid groups (broad SMARTS) is 1. The summed E-state index contributed by atoms with van der Waals surface area (Å²) in [4.78, 5) is 25.7. The fourth-order valence-corrected chi connectivity index (χ4v) is 1.53. The largest absolute Gasteiger partial charge is 0.479 e. The van der Waals surface area contributed by atoms with Gasteiger partial charge in [-0.3, -0.25) is 9.63 Å². The smallest absolute Gasteiger partial charge is 0.332 e. The van der Waals surface area contributed by atoms with Gasteiger partial charge in [-0.1, -0.05) is 0 Å². The van der Waals surface area contributed by atoms with Crippen LogP contribution in [0.1, 0.15) is 19.3 Å². The number of hydrogen-bond acceptors (Lipinski definition) is 4. The molecule has 6 heteroatoms. The van der Waals surface area contributed by atoms with Gasteiger partial charge < -0.3 is 10.4 Å². The zero-order chi connectivity index (χ0) is 11.1. The van der Waals surface area contributed by atoms with Crippen LogP contribution in [0.25, 0.3) is 0 Å². The molecule has 0 saturated carbocycles. The van der Waals surface area contributed by atoms with Crippen molar-refractivity contribution >= 4 is 11.9 Å². The van der Waals surface area contributed by atoms with E-state index in [0.717, 1.165) is 25.9 Å². The maximum absolute atomic E-state index is 11.1. The van der Waals surface area contributed by atoms with Crippen LogP contribution in [0.3, 0.4) is 0 Å². The van der Waals surface area contributed by atoms with Gasteiger partial charge in [-0.05, 0) is 31.8 Å². The quantitative estimate of drug-likeness (QED) is 0.521. The van der Waals surface area contributed by atoms with Crippen molar-refractivity contribution in [3.63, 3.8) is 0 Å². The number of carbonyl (C=O) groups excluding carboxylic acids is 1. The first-order valence-electron chi connectivity index (χ1n) is 5.01. The summed E-state index contributed by atoms with van der Waals surface area (Å²) < 4.78 is 0. The Morgan fingerprint density at radius 3 is 2.93 bits per heavy atom. The first-order valence-corrected chi connectivity index (χ1v) is 5.01. The third kappa shape index (κ3) is 5.34. The zero-order valence-corrected chi connectivity index (χ0v) is 8.49. The number of hydrogen-bond donors (Lipinski definition) is 3. The molecule has 0 radical (unpaired) electrons. The normalized spacial score (nSPS) is 20.1. The minimum absolute atomic E-state index is 0.261. The Labute approximate surface area is 87.9 Å². The van der Waals surface area contributed by atoms with E-state index in [0.29, 0.717) is 12.3 Å². The molecule has 1 amide bonds. The van der Waals surface area contributed by atoms with E-state index in [2.05, 4.69) is 15.6 Å². The van der Waals surface area contributed by atoms with Gasteiger partial charge >= 0.3 is 5.97 Å². The van der Waals surface area contributed by atoms with Crippen LogP contribution in [0, 0.1) is 5.92 Å². The van der Waals surface area contributed by atoms with Crippen molar-refractivity contribution in [1.29, 1.82) is 0 Å². The van der Waals surface area contributed by atoms with Crippen LogP contribution in [-0.4, -0.2) is 36.7 Å². The summed E-state index contributed by atoms with van der Waals surface area (Å²) in [6.45, 7) is 1.47. The SMILES string of the molecule is O=C(O)CONC(=O)CCC1CCNC1. The molecule has 0 aromatic heterocycles. The summed E-state index contributed by atoms with van der Waals surface area (Å²) in [7, 11) is 0. The number of aliphatic carboxylic acids is 1. The highest BCUT2D eigenvalue weighted by Gasteiger charge is 2.15. The molecule has 1 rings (SSSR count). The molecule has 86 valence electrons. The molecule has 6 nitrogen and oxygen atoms in total. The van der Waals surface area contributed by atoms with Gasteiger partial charge in [0.15, 0.2) is 6.61 Å². The fourth-order valence-electron chi connectivity index (χ4n) is 1.53. The molecule has 1 fully saturated rings. The lowest BCUT2D eigenvalue weighted by molar-refractivity contribution is -0.149. The highest BCUT2D eigenvalue weighted by Crippen LogP contribution is 2.13. The predicted octanol–water partition coefficient (Wildman–Crippen LogP) is -0.492. The molecule has 0 bridgehead atoms. The molecular weight excluding hydrogens is 200 g/mol. The minimum atomic E-state index is -1.10. The Balaban J connectivity index is 2.00. The second-order valence-electron chi connectivity index (χ2n) is 3.61. The molecule has 3 N–H and O–H groups in total. The molecule has 1 unspecified atom stereocenters. The van der Waals surface area contributed by atoms with Gasteiger partial charge in [0.2, 0.25) is 5.91 Å². The molecule has 1 heterocycles. The van der Waals surface area contributed by atoms with Gasteiger partial charge in [-0.15, -0.1) is 0 Å². The molecule has 0 aromatic rings. The lowest BCUT2D eigenvalue weighted by Crippen LogP contribution is -2.27. The van der Waals surface area contributed by atoms with Crippen molar-refractivity contribution in [2.75, 3.05) is 19.7 Å². The van der Waals surface area contributed by atoms with Gasteiger partial charge in [0.1, 0.15) is 0 Å². The first-order chi connectivity index (χ1) is 7.18. The predicted molar refractivity (Wildman–Crippen MR) is 51.9 cm³/mol. The van der Waals surface area contributed by atoms with Crippen molar-refractivity contribution in [1.82, 2.24) is 10.8 Å². The van der Waals surface area contributed by atoms with Crippen molar-refractivity contribution in [3.05, 3.63) is 0 Å². The highest BCUT2D eigenvalue weighted by molar-refractivity contribution is 5.75. The van der Waals surface area contributed by atoms with Crippen molar-refractivity contribution in [2.24, 2.45) is 5.92 Å². The van der Waals surface area contributed by atoms with Crippen LogP contribution in [0.4, 0.5) is 0 Å². The molecule has 0 spiro atoms. The Morgan fingerprint density at radius 2 is 2.33 bits per heavy atom. The second-order valence-corrected chi connectivity index (χ2v) is 3.61. The van der Waals surface area contributed by atoms with Gasteiger partial charge in [0.25, 0.3) is 0 Å². The number of carbonyl (C=O) groups is 2. The van der Waals surface area contributed by atoms with Crippen LogP contribution >= 0.6 is 0 Å². The number of amides is 1. The van der Waals surface area contributed by atoms with Gasteiger partial charge in [0, 0.05) is 6.42 Å². The van der Waals surface area contributed by atoms with E-state index in [-0.39, 0.29) is 5.91 Å². The van der Waals surface area contributed by atoms with Gasteiger partial charge in [-0.2, -0.15) is 0 Å². The number of carboxylic acids is 1. The maximum Gasteiger partial charge on any atom is 0.332 e. The monoisotopic (exact) mass is 216 g/mol. The highest BCUT2D eigenvalue weighted by atomic mass is 16.7. The Morgan fingerprint density at radius 1 is 1.53 bits per heavy atom. The fraction of sp³-hybridized carbons (Fsp3) is 0.778. The third-order valence-corrected chi connectivity index (χ3v) is 2.32. The summed E-state index contributed by atoms with van der Waals surface area (Å²) in [5.41, 5.74) is 2.10. The molecule has 0 aromatic carbocycles. The van der Waals surface area contributed by atoms with Gasteiger partial charge in [-0.25, -0.2) is 10.3 Å². The lowest BCUT2D eigenvalue weighted by Gasteiger charge is -2.07. The zero-order valence-electron chi connectivity index (χ0n) is 8.49. The lowest BCUT2D eigenvalue weighted by atomic mass is 10.0. The van der Waals surface area contributed by atoms with Crippen molar-refractivity contribution in [3.8, 4) is 0 Å². The Hall–Kier alpha value is -1.14. The molecule has 15 heavy (non-hydrogen) atoms. The summed E-state index contributed by atoms with van der Waals surface area (Å²) in [5, 5.41) is 11.5. The topological polar surface area (TPSA) is 87.7 Å². The van der Waals surface area contributed by atoms with Crippen LogP contribution in [-0.2, 0) is 14.4 Å². The summed E-state index contributed by atoms with van der Waals surface area (Å²) in [6.07, 6.45) is 2.30. The van der Waals surface area contributed by atoms with E-state index in [1.165, 1.54) is 0 Å². The number of rotatable bonds is 6. The third-order valence-electron chi connectivity index (χ3n) is 2.32. The molecule has 1 aliphatic rings. The molecule has 1 saturated heterocycles. The Bertz CT molecular complexity index is 226. The van der Waals surface area contributed by atoms with E-state index in [4.69, 9.17) is 5.11 Å². The van der Waals surface area contributed by atoms with Crippen molar-refractivity contribution < 1.29 is 19.5 Å². The van der Waals surface area contributed by atoms with E-state index in [9.17, 15) is 9.59 Å². The second kappa shape index (κ2) is 6.36.